The Morgan fingerprint density at radius 2 is 1.92 bits per heavy atom. The lowest BCUT2D eigenvalue weighted by Gasteiger charge is -2.26. The van der Waals surface area contributed by atoms with E-state index in [1.165, 1.54) is 11.0 Å². The van der Waals surface area contributed by atoms with E-state index in [4.69, 9.17) is 5.73 Å². The number of hydrogen-bond acceptors (Lipinski definition) is 3. The van der Waals surface area contributed by atoms with Gasteiger partial charge in [-0.05, 0) is 44.4 Å². The molecule has 0 radical (unpaired) electrons. The van der Waals surface area contributed by atoms with Gasteiger partial charge in [-0.3, -0.25) is 9.59 Å². The van der Waals surface area contributed by atoms with Crippen molar-refractivity contribution in [2.45, 2.75) is 26.2 Å². The van der Waals surface area contributed by atoms with Gasteiger partial charge in [0.05, 0.1) is 6.54 Å². The van der Waals surface area contributed by atoms with Gasteiger partial charge < -0.3 is 16.0 Å². The molecule has 3 N–H and O–H groups in total. The van der Waals surface area contributed by atoms with Gasteiger partial charge in [-0.1, -0.05) is 12.5 Å². The van der Waals surface area contributed by atoms with Crippen LogP contribution in [0.2, 0.25) is 0 Å². The van der Waals surface area contributed by atoms with Crippen molar-refractivity contribution in [2.75, 3.05) is 25.0 Å². The first-order valence-corrected chi connectivity index (χ1v) is 8.20. The van der Waals surface area contributed by atoms with Gasteiger partial charge in [0.2, 0.25) is 11.8 Å². The molecule has 2 atom stereocenters. The minimum atomic E-state index is -0.850. The summed E-state index contributed by atoms with van der Waals surface area (Å²) in [5.74, 6) is -2.48. The first kappa shape index (κ1) is 21.3. The average Bonchev–Trinajstić information content (AvgIpc) is 3.04. The maximum atomic E-state index is 13.6. The standard InChI is InChI=1S/C17H23F2N3O2.ClH/c1-2-22(17(24)12-6-3-5-11(12)9-20)10-15(23)21-16-13(18)7-4-8-14(16)19;/h4,7-8,11-12H,2-3,5-6,9-10,20H2,1H3,(H,21,23);1H/t11-,12-;/m1./s1. The van der Waals surface area contributed by atoms with E-state index in [9.17, 15) is 18.4 Å². The molecule has 0 unspecified atom stereocenters. The second kappa shape index (κ2) is 9.68. The van der Waals surface area contributed by atoms with Gasteiger partial charge in [0, 0.05) is 12.5 Å². The number of carbonyl (C=O) groups is 2. The number of likely N-dealkylation sites (N-methyl/N-ethyl adjacent to an activating group) is 1. The molecule has 8 heteroatoms. The summed E-state index contributed by atoms with van der Waals surface area (Å²) in [4.78, 5) is 26.1. The van der Waals surface area contributed by atoms with Crippen LogP contribution in [0.25, 0.3) is 0 Å². The van der Waals surface area contributed by atoms with Crippen LogP contribution in [0.3, 0.4) is 0 Å². The maximum absolute atomic E-state index is 13.6. The molecule has 0 saturated heterocycles. The number of amides is 2. The Balaban J connectivity index is 0.00000312. The monoisotopic (exact) mass is 375 g/mol. The van der Waals surface area contributed by atoms with Crippen LogP contribution in [-0.4, -0.2) is 36.3 Å². The molecule has 0 aliphatic heterocycles. The van der Waals surface area contributed by atoms with Crippen LogP contribution < -0.4 is 11.1 Å². The van der Waals surface area contributed by atoms with Crippen molar-refractivity contribution in [2.24, 2.45) is 17.6 Å². The predicted molar refractivity (Wildman–Crippen MR) is 94.4 cm³/mol. The van der Waals surface area contributed by atoms with Crippen LogP contribution in [0, 0.1) is 23.5 Å². The summed E-state index contributed by atoms with van der Waals surface area (Å²) in [5, 5.41) is 2.21. The molecule has 2 rings (SSSR count). The largest absolute Gasteiger partial charge is 0.333 e. The third-order valence-corrected chi connectivity index (χ3v) is 4.53. The van der Waals surface area contributed by atoms with E-state index in [2.05, 4.69) is 5.32 Å². The van der Waals surface area contributed by atoms with E-state index >= 15 is 0 Å². The Hall–Kier alpha value is -1.73. The minimum Gasteiger partial charge on any atom is -0.333 e. The number of hydrogen-bond donors (Lipinski definition) is 2. The van der Waals surface area contributed by atoms with Crippen molar-refractivity contribution in [3.05, 3.63) is 29.8 Å². The molecule has 0 heterocycles. The second-order valence-corrected chi connectivity index (χ2v) is 6.03. The molecule has 5 nitrogen and oxygen atoms in total. The number of nitrogens with two attached hydrogens (primary N) is 1. The highest BCUT2D eigenvalue weighted by Crippen LogP contribution is 2.32. The van der Waals surface area contributed by atoms with Crippen LogP contribution in [-0.2, 0) is 9.59 Å². The highest BCUT2D eigenvalue weighted by Gasteiger charge is 2.34. The van der Waals surface area contributed by atoms with E-state index in [1.807, 2.05) is 0 Å². The molecule has 0 bridgehead atoms. The molecule has 2 amide bonds. The molecule has 1 aromatic carbocycles. The number of halogens is 3. The number of anilines is 1. The molecular weight excluding hydrogens is 352 g/mol. The number of rotatable bonds is 6. The summed E-state index contributed by atoms with van der Waals surface area (Å²) in [6, 6.07) is 3.34. The van der Waals surface area contributed by atoms with Crippen molar-refractivity contribution >= 4 is 29.9 Å². The first-order valence-electron chi connectivity index (χ1n) is 8.20. The van der Waals surface area contributed by atoms with E-state index in [0.717, 1.165) is 31.4 Å². The predicted octanol–water partition coefficient (Wildman–Crippen LogP) is 2.55. The van der Waals surface area contributed by atoms with Crippen molar-refractivity contribution < 1.29 is 18.4 Å². The number of para-hydroxylation sites is 1. The van der Waals surface area contributed by atoms with E-state index in [1.54, 1.807) is 6.92 Å². The van der Waals surface area contributed by atoms with Crippen molar-refractivity contribution in [1.82, 2.24) is 4.90 Å². The molecule has 1 aliphatic carbocycles. The Morgan fingerprint density at radius 1 is 1.28 bits per heavy atom. The molecule has 0 aromatic heterocycles. The zero-order valence-corrected chi connectivity index (χ0v) is 15.0. The van der Waals surface area contributed by atoms with Crippen LogP contribution in [0.1, 0.15) is 26.2 Å². The van der Waals surface area contributed by atoms with Crippen molar-refractivity contribution in [3.63, 3.8) is 0 Å². The summed E-state index contributed by atoms with van der Waals surface area (Å²) in [6.45, 7) is 2.32. The van der Waals surface area contributed by atoms with Crippen LogP contribution in [0.5, 0.6) is 0 Å². The smallest absolute Gasteiger partial charge is 0.244 e. The number of nitrogens with one attached hydrogen (secondary N) is 1. The van der Waals surface area contributed by atoms with Gasteiger partial charge in [-0.2, -0.15) is 0 Å². The fourth-order valence-electron chi connectivity index (χ4n) is 3.19. The van der Waals surface area contributed by atoms with E-state index < -0.39 is 23.2 Å². The molecule has 1 fully saturated rings. The fourth-order valence-corrected chi connectivity index (χ4v) is 3.19. The van der Waals surface area contributed by atoms with Crippen molar-refractivity contribution in [1.29, 1.82) is 0 Å². The fraction of sp³-hybridized carbons (Fsp3) is 0.529. The van der Waals surface area contributed by atoms with Gasteiger partial charge in [-0.25, -0.2) is 8.78 Å². The van der Waals surface area contributed by atoms with Gasteiger partial charge >= 0.3 is 0 Å². The van der Waals surface area contributed by atoms with E-state index in [0.29, 0.717) is 13.1 Å². The highest BCUT2D eigenvalue weighted by atomic mass is 35.5. The molecular formula is C17H24ClF2N3O2. The van der Waals surface area contributed by atoms with Gasteiger partial charge in [0.25, 0.3) is 0 Å². The quantitative estimate of drug-likeness (QED) is 0.802. The molecule has 25 heavy (non-hydrogen) atoms. The number of benzene rings is 1. The molecule has 1 aliphatic rings. The molecule has 1 aromatic rings. The summed E-state index contributed by atoms with van der Waals surface area (Å²) < 4.78 is 27.2. The topological polar surface area (TPSA) is 75.4 Å². The number of nitrogens with zero attached hydrogens (tertiary/aromatic N) is 1. The van der Waals surface area contributed by atoms with Gasteiger partial charge in [0.15, 0.2) is 0 Å². The van der Waals surface area contributed by atoms with E-state index in [-0.39, 0.29) is 36.7 Å². The minimum absolute atomic E-state index is 0. The third-order valence-electron chi connectivity index (χ3n) is 4.53. The zero-order chi connectivity index (χ0) is 17.7. The summed E-state index contributed by atoms with van der Waals surface area (Å²) in [6.07, 6.45) is 2.63. The Morgan fingerprint density at radius 3 is 2.48 bits per heavy atom. The number of carbonyl (C=O) groups excluding carboxylic acids is 2. The molecule has 0 spiro atoms. The average molecular weight is 376 g/mol. The summed E-state index contributed by atoms with van der Waals surface area (Å²) in [7, 11) is 0. The van der Waals surface area contributed by atoms with Crippen molar-refractivity contribution in [3.8, 4) is 0 Å². The Labute approximate surface area is 152 Å². The van der Waals surface area contributed by atoms with Crippen LogP contribution in [0.15, 0.2) is 18.2 Å². The Kier molecular flexibility index (Phi) is 8.25. The summed E-state index contributed by atoms with van der Waals surface area (Å²) >= 11 is 0. The normalized spacial score (nSPS) is 19.2. The Bertz CT molecular complexity index is 595. The van der Waals surface area contributed by atoms with Crippen LogP contribution >= 0.6 is 12.4 Å². The highest BCUT2D eigenvalue weighted by molar-refractivity contribution is 5.95. The van der Waals surface area contributed by atoms with Gasteiger partial charge in [0.1, 0.15) is 17.3 Å². The van der Waals surface area contributed by atoms with Crippen LogP contribution in [0.4, 0.5) is 14.5 Å². The lowest BCUT2D eigenvalue weighted by molar-refractivity contribution is -0.139. The summed E-state index contributed by atoms with van der Waals surface area (Å²) in [5.41, 5.74) is 5.21. The third kappa shape index (κ3) is 5.12. The zero-order valence-electron chi connectivity index (χ0n) is 14.1. The van der Waals surface area contributed by atoms with Gasteiger partial charge in [-0.15, -0.1) is 12.4 Å². The lowest BCUT2D eigenvalue weighted by atomic mass is 9.94. The molecule has 140 valence electrons. The lowest BCUT2D eigenvalue weighted by Crippen LogP contribution is -2.43. The first-order chi connectivity index (χ1) is 11.5. The second-order valence-electron chi connectivity index (χ2n) is 6.03. The molecule has 1 saturated carbocycles. The SMILES string of the molecule is CCN(CC(=O)Nc1c(F)cccc1F)C(=O)[C@@H]1CCC[C@@H]1CN.Cl. The maximum Gasteiger partial charge on any atom is 0.244 e.